The molecule has 1 aliphatic rings. The van der Waals surface area contributed by atoms with E-state index in [9.17, 15) is 0 Å². The van der Waals surface area contributed by atoms with Gasteiger partial charge in [-0.15, -0.1) is 5.10 Å². The van der Waals surface area contributed by atoms with E-state index in [0.717, 1.165) is 31.5 Å². The molecule has 0 saturated heterocycles. The van der Waals surface area contributed by atoms with Crippen molar-refractivity contribution < 1.29 is 5.11 Å². The molecule has 1 aliphatic carbocycles. The molecule has 1 saturated carbocycles. The zero-order chi connectivity index (χ0) is 13.5. The fraction of sp³-hybridized carbons (Fsp3) is 0.786. The predicted molar refractivity (Wildman–Crippen MR) is 71.5 cm³/mol. The first-order valence-corrected chi connectivity index (χ1v) is 7.27. The number of aliphatic hydroxyl groups is 1. The molecule has 0 amide bonds. The molecule has 1 fully saturated rings. The Hall–Kier alpha value is -1.41. The zero-order valence-corrected chi connectivity index (χ0v) is 11.4. The lowest BCUT2D eigenvalue weighted by molar-refractivity contribution is 0.281. The zero-order valence-electron chi connectivity index (χ0n) is 11.4. The van der Waals surface area contributed by atoms with Gasteiger partial charge in [0.15, 0.2) is 0 Å². The van der Waals surface area contributed by atoms with E-state index in [0.29, 0.717) is 12.3 Å². The molecule has 0 spiro atoms. The van der Waals surface area contributed by atoms with Crippen molar-refractivity contribution in [3.63, 3.8) is 0 Å². The molecule has 0 atom stereocenters. The van der Waals surface area contributed by atoms with Gasteiger partial charge in [-0.25, -0.2) is 4.68 Å². The summed E-state index contributed by atoms with van der Waals surface area (Å²) in [6.45, 7) is 1.11. The molecule has 1 N–H and O–H groups in total. The van der Waals surface area contributed by atoms with Crippen LogP contribution in [0.25, 0.3) is 0 Å². The van der Waals surface area contributed by atoms with Gasteiger partial charge < -0.3 is 5.11 Å². The molecule has 0 bridgehead atoms. The monoisotopic (exact) mass is 262 g/mol. The SMILES string of the molecule is N#CCc1nnn(CCCCCO)c1C1CCCC1. The number of hydrogen-bond donors (Lipinski definition) is 1. The maximum absolute atomic E-state index is 8.89. The fourth-order valence-electron chi connectivity index (χ4n) is 2.92. The highest BCUT2D eigenvalue weighted by Crippen LogP contribution is 2.35. The first kappa shape index (κ1) is 14.0. The third kappa shape index (κ3) is 3.54. The quantitative estimate of drug-likeness (QED) is 0.764. The van der Waals surface area contributed by atoms with E-state index in [1.165, 1.54) is 31.4 Å². The summed E-state index contributed by atoms with van der Waals surface area (Å²) in [6, 6.07) is 2.19. The molecule has 104 valence electrons. The third-order valence-electron chi connectivity index (χ3n) is 3.86. The van der Waals surface area contributed by atoms with E-state index >= 15 is 0 Å². The van der Waals surface area contributed by atoms with E-state index in [1.807, 2.05) is 4.68 Å². The van der Waals surface area contributed by atoms with Crippen LogP contribution in [-0.2, 0) is 13.0 Å². The van der Waals surface area contributed by atoms with Crippen LogP contribution >= 0.6 is 0 Å². The van der Waals surface area contributed by atoms with Gasteiger partial charge in [0.2, 0.25) is 0 Å². The van der Waals surface area contributed by atoms with E-state index < -0.39 is 0 Å². The molecule has 19 heavy (non-hydrogen) atoms. The van der Waals surface area contributed by atoms with Crippen molar-refractivity contribution in [2.45, 2.75) is 63.8 Å². The Kier molecular flexibility index (Phi) is 5.34. The Morgan fingerprint density at radius 1 is 1.26 bits per heavy atom. The van der Waals surface area contributed by atoms with Gasteiger partial charge in [-0.3, -0.25) is 0 Å². The average Bonchev–Trinajstić information content (AvgIpc) is 3.04. The Bertz CT molecular complexity index is 429. The number of aryl methyl sites for hydroxylation is 1. The van der Waals surface area contributed by atoms with Crippen molar-refractivity contribution in [1.29, 1.82) is 5.26 Å². The van der Waals surface area contributed by atoms with E-state index in [4.69, 9.17) is 10.4 Å². The van der Waals surface area contributed by atoms with Gasteiger partial charge in [0.1, 0.15) is 5.69 Å². The summed E-state index contributed by atoms with van der Waals surface area (Å²) in [4.78, 5) is 0. The molecular formula is C14H22N4O. The minimum Gasteiger partial charge on any atom is -0.396 e. The Morgan fingerprint density at radius 3 is 2.74 bits per heavy atom. The lowest BCUT2D eigenvalue weighted by atomic mass is 10.0. The summed E-state index contributed by atoms with van der Waals surface area (Å²) < 4.78 is 2.00. The van der Waals surface area contributed by atoms with Crippen LogP contribution in [0, 0.1) is 11.3 Å². The minimum absolute atomic E-state index is 0.256. The predicted octanol–water partition coefficient (Wildman–Crippen LogP) is 2.16. The van der Waals surface area contributed by atoms with Gasteiger partial charge in [-0.1, -0.05) is 18.1 Å². The molecule has 0 radical (unpaired) electrons. The summed E-state index contributed by atoms with van der Waals surface area (Å²) in [7, 11) is 0. The molecule has 0 unspecified atom stereocenters. The van der Waals surface area contributed by atoms with E-state index in [-0.39, 0.29) is 6.61 Å². The van der Waals surface area contributed by atoms with Gasteiger partial charge in [-0.05, 0) is 32.1 Å². The van der Waals surface area contributed by atoms with Crippen molar-refractivity contribution in [1.82, 2.24) is 15.0 Å². The molecule has 2 rings (SSSR count). The van der Waals surface area contributed by atoms with Crippen molar-refractivity contribution >= 4 is 0 Å². The van der Waals surface area contributed by atoms with Gasteiger partial charge in [0.25, 0.3) is 0 Å². The molecule has 5 nitrogen and oxygen atoms in total. The van der Waals surface area contributed by atoms with Crippen LogP contribution in [0.4, 0.5) is 0 Å². The van der Waals surface area contributed by atoms with Crippen LogP contribution in [0.2, 0.25) is 0 Å². The number of rotatable bonds is 7. The van der Waals surface area contributed by atoms with Gasteiger partial charge in [0.05, 0.1) is 18.2 Å². The van der Waals surface area contributed by atoms with Crippen molar-refractivity contribution in [2.24, 2.45) is 0 Å². The molecular weight excluding hydrogens is 240 g/mol. The maximum Gasteiger partial charge on any atom is 0.100 e. The lowest BCUT2D eigenvalue weighted by Gasteiger charge is -2.13. The highest BCUT2D eigenvalue weighted by molar-refractivity contribution is 5.19. The lowest BCUT2D eigenvalue weighted by Crippen LogP contribution is -2.10. The Labute approximate surface area is 114 Å². The number of nitrogens with zero attached hydrogens (tertiary/aromatic N) is 4. The topological polar surface area (TPSA) is 74.7 Å². The molecule has 1 heterocycles. The van der Waals surface area contributed by atoms with Crippen LogP contribution < -0.4 is 0 Å². The summed E-state index contributed by atoms with van der Waals surface area (Å²) in [6.07, 6.45) is 8.16. The van der Waals surface area contributed by atoms with Crippen LogP contribution in [0.1, 0.15) is 62.3 Å². The normalized spacial score (nSPS) is 15.8. The Balaban J connectivity index is 2.06. The second-order valence-electron chi connectivity index (χ2n) is 5.25. The van der Waals surface area contributed by atoms with Crippen molar-refractivity contribution in [2.75, 3.05) is 6.61 Å². The fourth-order valence-corrected chi connectivity index (χ4v) is 2.92. The first-order chi connectivity index (χ1) is 9.36. The molecule has 0 aromatic carbocycles. The number of nitriles is 1. The highest BCUT2D eigenvalue weighted by atomic mass is 16.2. The third-order valence-corrected chi connectivity index (χ3v) is 3.86. The maximum atomic E-state index is 8.89. The van der Waals surface area contributed by atoms with Crippen LogP contribution in [0.15, 0.2) is 0 Å². The summed E-state index contributed by atoms with van der Waals surface area (Å²) in [5.74, 6) is 0.538. The number of aromatic nitrogens is 3. The number of unbranched alkanes of at least 4 members (excludes halogenated alkanes) is 2. The van der Waals surface area contributed by atoms with Gasteiger partial charge in [-0.2, -0.15) is 5.26 Å². The smallest absolute Gasteiger partial charge is 0.100 e. The molecule has 1 aromatic heterocycles. The molecule has 5 heteroatoms. The second-order valence-corrected chi connectivity index (χ2v) is 5.25. The second kappa shape index (κ2) is 7.25. The highest BCUT2D eigenvalue weighted by Gasteiger charge is 2.25. The summed E-state index contributed by atoms with van der Waals surface area (Å²) in [5.41, 5.74) is 2.07. The Morgan fingerprint density at radius 2 is 2.05 bits per heavy atom. The number of hydrogen-bond acceptors (Lipinski definition) is 4. The van der Waals surface area contributed by atoms with Crippen LogP contribution in [0.5, 0.6) is 0 Å². The van der Waals surface area contributed by atoms with Gasteiger partial charge >= 0.3 is 0 Å². The largest absolute Gasteiger partial charge is 0.396 e. The standard InChI is InChI=1S/C14H22N4O/c15-9-8-13-14(12-6-2-3-7-12)18(17-16-13)10-4-1-5-11-19/h12,19H,1-8,10-11H2. The van der Waals surface area contributed by atoms with Crippen LogP contribution in [-0.4, -0.2) is 26.7 Å². The summed E-state index contributed by atoms with van der Waals surface area (Å²) >= 11 is 0. The van der Waals surface area contributed by atoms with Crippen molar-refractivity contribution in [3.8, 4) is 6.07 Å². The average molecular weight is 262 g/mol. The summed E-state index contributed by atoms with van der Waals surface area (Å²) in [5, 5.41) is 26.1. The van der Waals surface area contributed by atoms with E-state index in [1.54, 1.807) is 0 Å². The van der Waals surface area contributed by atoms with Crippen LogP contribution in [0.3, 0.4) is 0 Å². The first-order valence-electron chi connectivity index (χ1n) is 7.27. The van der Waals surface area contributed by atoms with Crippen molar-refractivity contribution in [3.05, 3.63) is 11.4 Å². The molecule has 0 aliphatic heterocycles. The molecule has 1 aromatic rings. The van der Waals surface area contributed by atoms with Gasteiger partial charge in [0, 0.05) is 19.1 Å². The van der Waals surface area contributed by atoms with E-state index in [2.05, 4.69) is 16.4 Å². The number of aliphatic hydroxyl groups excluding tert-OH is 1. The minimum atomic E-state index is 0.256.